The Bertz CT molecular complexity index is 388. The van der Waals surface area contributed by atoms with Gasteiger partial charge in [0.2, 0.25) is 0 Å². The molecule has 1 aromatic rings. The zero-order valence-corrected chi connectivity index (χ0v) is 9.31. The smallest absolute Gasteiger partial charge is 0.309 e. The summed E-state index contributed by atoms with van der Waals surface area (Å²) in [6, 6.07) is 3.96. The zero-order chi connectivity index (χ0) is 11.6. The van der Waals surface area contributed by atoms with E-state index in [1.54, 1.807) is 13.8 Å². The lowest BCUT2D eigenvalue weighted by molar-refractivity contribution is -0.146. The Morgan fingerprint density at radius 1 is 1.53 bits per heavy atom. The van der Waals surface area contributed by atoms with E-state index in [4.69, 9.17) is 16.7 Å². The molecule has 0 unspecified atom stereocenters. The molecular formula is C11H12ClFO2. The van der Waals surface area contributed by atoms with Gasteiger partial charge in [0.05, 0.1) is 5.41 Å². The first-order valence-corrected chi connectivity index (χ1v) is 4.88. The van der Waals surface area contributed by atoms with Crippen molar-refractivity contribution >= 4 is 17.6 Å². The fraction of sp³-hybridized carbons (Fsp3) is 0.364. The Kier molecular flexibility index (Phi) is 3.35. The van der Waals surface area contributed by atoms with E-state index in [-0.39, 0.29) is 6.42 Å². The van der Waals surface area contributed by atoms with Crippen molar-refractivity contribution in [1.29, 1.82) is 0 Å². The highest BCUT2D eigenvalue weighted by Crippen LogP contribution is 2.27. The molecule has 0 amide bonds. The number of hydrogen-bond acceptors (Lipinski definition) is 1. The number of halogens is 2. The van der Waals surface area contributed by atoms with E-state index in [9.17, 15) is 9.18 Å². The van der Waals surface area contributed by atoms with Crippen molar-refractivity contribution in [1.82, 2.24) is 0 Å². The lowest BCUT2D eigenvalue weighted by Gasteiger charge is -2.19. The molecule has 0 spiro atoms. The second-order valence-corrected chi connectivity index (χ2v) is 4.51. The van der Waals surface area contributed by atoms with Gasteiger partial charge in [-0.1, -0.05) is 11.6 Å². The molecule has 0 saturated carbocycles. The molecule has 1 rings (SSSR count). The van der Waals surface area contributed by atoms with Crippen LogP contribution in [-0.4, -0.2) is 11.1 Å². The van der Waals surface area contributed by atoms with Crippen LogP contribution < -0.4 is 0 Å². The second kappa shape index (κ2) is 4.19. The molecule has 1 N–H and O–H groups in total. The molecule has 2 nitrogen and oxygen atoms in total. The quantitative estimate of drug-likeness (QED) is 0.866. The molecule has 0 bridgehead atoms. The van der Waals surface area contributed by atoms with Gasteiger partial charge in [-0.05, 0) is 44.0 Å². The van der Waals surface area contributed by atoms with E-state index < -0.39 is 17.2 Å². The third kappa shape index (κ3) is 2.93. The first-order valence-electron chi connectivity index (χ1n) is 4.50. The summed E-state index contributed by atoms with van der Waals surface area (Å²) in [5.41, 5.74) is -0.429. The molecule has 1 aromatic carbocycles. The van der Waals surface area contributed by atoms with Crippen molar-refractivity contribution in [2.45, 2.75) is 20.3 Å². The number of rotatable bonds is 3. The Morgan fingerprint density at radius 3 is 2.67 bits per heavy atom. The number of benzene rings is 1. The molecule has 0 aromatic heterocycles. The highest BCUT2D eigenvalue weighted by molar-refractivity contribution is 6.31. The molecule has 0 fully saturated rings. The molecule has 15 heavy (non-hydrogen) atoms. The molecule has 0 atom stereocenters. The van der Waals surface area contributed by atoms with Gasteiger partial charge in [-0.25, -0.2) is 4.39 Å². The maximum absolute atomic E-state index is 12.9. The lowest BCUT2D eigenvalue weighted by Crippen LogP contribution is -2.26. The van der Waals surface area contributed by atoms with Crippen molar-refractivity contribution in [3.8, 4) is 0 Å². The van der Waals surface area contributed by atoms with E-state index in [0.29, 0.717) is 10.6 Å². The van der Waals surface area contributed by atoms with E-state index >= 15 is 0 Å². The predicted molar refractivity (Wildman–Crippen MR) is 56.5 cm³/mol. The Labute approximate surface area is 92.7 Å². The van der Waals surface area contributed by atoms with Crippen LogP contribution in [0.1, 0.15) is 19.4 Å². The van der Waals surface area contributed by atoms with Crippen molar-refractivity contribution in [2.24, 2.45) is 5.41 Å². The third-order valence-corrected chi connectivity index (χ3v) is 2.59. The van der Waals surface area contributed by atoms with Gasteiger partial charge in [0.15, 0.2) is 0 Å². The average Bonchev–Trinajstić information content (AvgIpc) is 2.10. The highest BCUT2D eigenvalue weighted by atomic mass is 35.5. The first-order chi connectivity index (χ1) is 6.83. The summed E-state index contributed by atoms with van der Waals surface area (Å²) >= 11 is 5.85. The second-order valence-electron chi connectivity index (χ2n) is 4.10. The summed E-state index contributed by atoms with van der Waals surface area (Å²) < 4.78 is 12.9. The topological polar surface area (TPSA) is 37.3 Å². The molecule has 82 valence electrons. The molecule has 0 heterocycles. The summed E-state index contributed by atoms with van der Waals surface area (Å²) in [4.78, 5) is 10.9. The van der Waals surface area contributed by atoms with Gasteiger partial charge in [-0.3, -0.25) is 4.79 Å². The van der Waals surface area contributed by atoms with Gasteiger partial charge in [-0.2, -0.15) is 0 Å². The molecule has 0 radical (unpaired) electrons. The molecule has 0 aliphatic rings. The minimum Gasteiger partial charge on any atom is -0.481 e. The minimum atomic E-state index is -0.947. The highest BCUT2D eigenvalue weighted by Gasteiger charge is 2.28. The summed E-state index contributed by atoms with van der Waals surface area (Å²) in [6.45, 7) is 3.16. The Balaban J connectivity index is 2.99. The van der Waals surface area contributed by atoms with Crippen molar-refractivity contribution in [2.75, 3.05) is 0 Å². The molecule has 0 aliphatic heterocycles. The van der Waals surface area contributed by atoms with Gasteiger partial charge >= 0.3 is 5.97 Å². The van der Waals surface area contributed by atoms with E-state index in [1.807, 2.05) is 0 Å². The molecule has 0 saturated heterocycles. The van der Waals surface area contributed by atoms with E-state index in [0.717, 1.165) is 0 Å². The maximum atomic E-state index is 12.9. The molecular weight excluding hydrogens is 219 g/mol. The van der Waals surface area contributed by atoms with Gasteiger partial charge in [0.25, 0.3) is 0 Å². The number of aliphatic carboxylic acids is 1. The van der Waals surface area contributed by atoms with Crippen LogP contribution in [0.15, 0.2) is 18.2 Å². The fourth-order valence-corrected chi connectivity index (χ4v) is 1.41. The summed E-state index contributed by atoms with van der Waals surface area (Å²) in [5.74, 6) is -1.33. The minimum absolute atomic E-state index is 0.207. The largest absolute Gasteiger partial charge is 0.481 e. The van der Waals surface area contributed by atoms with Crippen LogP contribution in [0.2, 0.25) is 5.02 Å². The zero-order valence-electron chi connectivity index (χ0n) is 8.55. The van der Waals surface area contributed by atoms with Crippen molar-refractivity contribution in [3.05, 3.63) is 34.6 Å². The molecule has 4 heteroatoms. The first kappa shape index (κ1) is 12.0. The Hall–Kier alpha value is -1.09. The predicted octanol–water partition coefficient (Wildman–Crippen LogP) is 3.13. The van der Waals surface area contributed by atoms with Crippen LogP contribution in [0.3, 0.4) is 0 Å². The fourth-order valence-electron chi connectivity index (χ4n) is 1.23. The number of carboxylic acid groups (broad SMARTS) is 1. The van der Waals surface area contributed by atoms with Gasteiger partial charge in [0.1, 0.15) is 5.82 Å². The molecule has 0 aliphatic carbocycles. The average molecular weight is 231 g/mol. The van der Waals surface area contributed by atoms with Gasteiger partial charge in [0, 0.05) is 5.02 Å². The van der Waals surface area contributed by atoms with E-state index in [1.165, 1.54) is 18.2 Å². The van der Waals surface area contributed by atoms with E-state index in [2.05, 4.69) is 0 Å². The summed E-state index contributed by atoms with van der Waals surface area (Å²) in [7, 11) is 0. The number of carbonyl (C=O) groups is 1. The maximum Gasteiger partial charge on any atom is 0.309 e. The van der Waals surface area contributed by atoms with Crippen molar-refractivity contribution < 1.29 is 14.3 Å². The monoisotopic (exact) mass is 230 g/mol. The van der Waals surface area contributed by atoms with Crippen LogP contribution >= 0.6 is 11.6 Å². The SMILES string of the molecule is CC(C)(Cc1cc(F)ccc1Cl)C(=O)O. The lowest BCUT2D eigenvalue weighted by atomic mass is 9.86. The number of carboxylic acids is 1. The van der Waals surface area contributed by atoms with Crippen LogP contribution in [0.25, 0.3) is 0 Å². The summed E-state index contributed by atoms with van der Waals surface area (Å²) in [5, 5.41) is 9.32. The van der Waals surface area contributed by atoms with Crippen LogP contribution in [0.5, 0.6) is 0 Å². The summed E-state index contributed by atoms with van der Waals surface area (Å²) in [6.07, 6.45) is 0.207. The normalized spacial score (nSPS) is 11.5. The van der Waals surface area contributed by atoms with Gasteiger partial charge in [-0.15, -0.1) is 0 Å². The van der Waals surface area contributed by atoms with Crippen LogP contribution in [0, 0.1) is 11.2 Å². The van der Waals surface area contributed by atoms with Crippen LogP contribution in [0.4, 0.5) is 4.39 Å². The standard InChI is InChI=1S/C11H12ClFO2/c1-11(2,10(14)15)6-7-5-8(13)3-4-9(7)12/h3-5H,6H2,1-2H3,(H,14,15). The van der Waals surface area contributed by atoms with Gasteiger partial charge < -0.3 is 5.11 Å². The van der Waals surface area contributed by atoms with Crippen molar-refractivity contribution in [3.63, 3.8) is 0 Å². The third-order valence-electron chi connectivity index (χ3n) is 2.22. The van der Waals surface area contributed by atoms with Crippen LogP contribution in [-0.2, 0) is 11.2 Å². The number of hydrogen-bond donors (Lipinski definition) is 1. The Morgan fingerprint density at radius 2 is 2.13 bits per heavy atom.